The number of carboxylic acid groups (broad SMARTS) is 1. The average Bonchev–Trinajstić information content (AvgIpc) is 2.89. The molecular weight excluding hydrogens is 382 g/mol. The number of imide groups is 1. The van der Waals surface area contributed by atoms with Crippen molar-refractivity contribution in [3.63, 3.8) is 0 Å². The first-order valence-corrected chi connectivity index (χ1v) is 10.9. The van der Waals surface area contributed by atoms with Gasteiger partial charge in [0.2, 0.25) is 17.7 Å². The van der Waals surface area contributed by atoms with E-state index in [9.17, 15) is 24.3 Å². The molecule has 3 amide bonds. The summed E-state index contributed by atoms with van der Waals surface area (Å²) in [5.74, 6) is -0.843. The summed E-state index contributed by atoms with van der Waals surface area (Å²) in [5, 5.41) is 14.5. The fraction of sp³-hybridized carbons (Fsp3) is 0.789. The van der Waals surface area contributed by atoms with E-state index in [0.717, 1.165) is 12.2 Å². The molecule has 1 saturated heterocycles. The van der Waals surface area contributed by atoms with E-state index >= 15 is 0 Å². The van der Waals surface area contributed by atoms with Crippen molar-refractivity contribution in [2.45, 2.75) is 70.2 Å². The highest BCUT2D eigenvalue weighted by Crippen LogP contribution is 2.26. The molecule has 0 aromatic carbocycles. The van der Waals surface area contributed by atoms with Gasteiger partial charge >= 0.3 is 5.97 Å². The van der Waals surface area contributed by atoms with E-state index in [0.29, 0.717) is 19.4 Å². The predicted molar refractivity (Wildman–Crippen MR) is 109 cm³/mol. The SMILES string of the molecule is CCCSC1CC(=O)N(CCCCC(NC(=O)C(NC)C(C)C)C(=O)O)C1=O. The Morgan fingerprint density at radius 2 is 1.96 bits per heavy atom. The molecule has 0 saturated carbocycles. The first-order chi connectivity index (χ1) is 13.2. The Hall–Kier alpha value is -1.61. The van der Waals surface area contributed by atoms with E-state index in [1.165, 1.54) is 16.7 Å². The highest BCUT2D eigenvalue weighted by atomic mass is 32.2. The van der Waals surface area contributed by atoms with Crippen LogP contribution in [0.15, 0.2) is 0 Å². The lowest BCUT2D eigenvalue weighted by Crippen LogP contribution is -2.51. The predicted octanol–water partition coefficient (Wildman–Crippen LogP) is 1.24. The summed E-state index contributed by atoms with van der Waals surface area (Å²) in [4.78, 5) is 49.3. The van der Waals surface area contributed by atoms with Crippen LogP contribution in [0.4, 0.5) is 0 Å². The van der Waals surface area contributed by atoms with Crippen molar-refractivity contribution in [2.24, 2.45) is 5.92 Å². The van der Waals surface area contributed by atoms with Crippen molar-refractivity contribution in [1.29, 1.82) is 0 Å². The molecule has 3 N–H and O–H groups in total. The number of likely N-dealkylation sites (tertiary alicyclic amines) is 1. The molecule has 1 fully saturated rings. The first-order valence-electron chi connectivity index (χ1n) is 9.89. The van der Waals surface area contributed by atoms with Gasteiger partial charge in [0, 0.05) is 13.0 Å². The fourth-order valence-electron chi connectivity index (χ4n) is 3.18. The maximum absolute atomic E-state index is 12.3. The van der Waals surface area contributed by atoms with Gasteiger partial charge in [0.1, 0.15) is 6.04 Å². The van der Waals surface area contributed by atoms with Crippen LogP contribution in [0, 0.1) is 5.92 Å². The van der Waals surface area contributed by atoms with Gasteiger partial charge < -0.3 is 15.7 Å². The molecule has 1 rings (SSSR count). The number of carbonyl (C=O) groups is 4. The Morgan fingerprint density at radius 1 is 1.29 bits per heavy atom. The van der Waals surface area contributed by atoms with Gasteiger partial charge in [-0.25, -0.2) is 4.79 Å². The average molecular weight is 416 g/mol. The topological polar surface area (TPSA) is 116 Å². The summed E-state index contributed by atoms with van der Waals surface area (Å²) in [6.07, 6.45) is 2.46. The second-order valence-corrected chi connectivity index (χ2v) is 8.66. The molecule has 1 aliphatic heterocycles. The van der Waals surface area contributed by atoms with Gasteiger partial charge in [-0.15, -0.1) is 11.8 Å². The number of thioether (sulfide) groups is 1. The molecule has 0 radical (unpaired) electrons. The summed E-state index contributed by atoms with van der Waals surface area (Å²) in [6.45, 7) is 6.09. The third kappa shape index (κ3) is 7.09. The molecule has 3 unspecified atom stereocenters. The number of likely N-dealkylation sites (N-methyl/N-ethyl adjacent to an activating group) is 1. The smallest absolute Gasteiger partial charge is 0.326 e. The summed E-state index contributed by atoms with van der Waals surface area (Å²) in [7, 11) is 1.66. The zero-order valence-electron chi connectivity index (χ0n) is 17.2. The highest BCUT2D eigenvalue weighted by molar-refractivity contribution is 8.00. The maximum atomic E-state index is 12.3. The van der Waals surface area contributed by atoms with E-state index in [-0.39, 0.29) is 41.7 Å². The molecule has 0 aromatic heterocycles. The number of aliphatic carboxylic acids is 1. The highest BCUT2D eigenvalue weighted by Gasteiger charge is 2.38. The van der Waals surface area contributed by atoms with Crippen molar-refractivity contribution in [3.05, 3.63) is 0 Å². The molecule has 1 heterocycles. The van der Waals surface area contributed by atoms with Crippen LogP contribution in [0.3, 0.4) is 0 Å². The Morgan fingerprint density at radius 3 is 2.50 bits per heavy atom. The van der Waals surface area contributed by atoms with Crippen molar-refractivity contribution in [2.75, 3.05) is 19.3 Å². The minimum atomic E-state index is -1.09. The molecule has 1 aliphatic rings. The number of hydrogen-bond donors (Lipinski definition) is 3. The van der Waals surface area contributed by atoms with Crippen molar-refractivity contribution in [1.82, 2.24) is 15.5 Å². The minimum Gasteiger partial charge on any atom is -0.480 e. The van der Waals surface area contributed by atoms with Crippen LogP contribution >= 0.6 is 11.8 Å². The zero-order valence-corrected chi connectivity index (χ0v) is 18.0. The van der Waals surface area contributed by atoms with Crippen molar-refractivity contribution in [3.8, 4) is 0 Å². The van der Waals surface area contributed by atoms with E-state index in [1.807, 2.05) is 20.8 Å². The molecule has 0 aliphatic carbocycles. The van der Waals surface area contributed by atoms with Gasteiger partial charge in [-0.1, -0.05) is 20.8 Å². The van der Waals surface area contributed by atoms with Gasteiger partial charge in [-0.2, -0.15) is 0 Å². The van der Waals surface area contributed by atoms with E-state index in [1.54, 1.807) is 7.05 Å². The third-order valence-electron chi connectivity index (χ3n) is 4.72. The minimum absolute atomic E-state index is 0.0326. The lowest BCUT2D eigenvalue weighted by molar-refractivity contribution is -0.142. The number of rotatable bonds is 13. The molecule has 28 heavy (non-hydrogen) atoms. The standard InChI is InChI=1S/C19H33N3O5S/c1-5-10-28-14-11-15(23)22(18(14)25)9-7-6-8-13(19(26)27)21-17(24)16(20-4)12(2)3/h12-14,16,20H,5-11H2,1-4H3,(H,21,24)(H,26,27). The second kappa shape index (κ2) is 12.1. The second-order valence-electron chi connectivity index (χ2n) is 7.35. The largest absolute Gasteiger partial charge is 0.480 e. The maximum Gasteiger partial charge on any atom is 0.326 e. The quantitative estimate of drug-likeness (QED) is 0.306. The molecule has 160 valence electrons. The summed E-state index contributed by atoms with van der Waals surface area (Å²) < 4.78 is 0. The number of carbonyl (C=O) groups excluding carboxylic acids is 3. The van der Waals surface area contributed by atoms with Crippen molar-refractivity contribution >= 4 is 35.5 Å². The molecule has 0 spiro atoms. The molecule has 9 heteroatoms. The molecule has 3 atom stereocenters. The Labute approximate surface area is 171 Å². The van der Waals surface area contributed by atoms with Crippen LogP contribution in [0.2, 0.25) is 0 Å². The number of carboxylic acids is 1. The number of nitrogens with zero attached hydrogens (tertiary/aromatic N) is 1. The Bertz CT molecular complexity index is 570. The summed E-state index contributed by atoms with van der Waals surface area (Å²) >= 11 is 1.52. The lowest BCUT2D eigenvalue weighted by atomic mass is 10.0. The third-order valence-corrected chi connectivity index (χ3v) is 6.14. The van der Waals surface area contributed by atoms with Crippen LogP contribution in [-0.2, 0) is 19.2 Å². The number of hydrogen-bond acceptors (Lipinski definition) is 6. The Balaban J connectivity index is 2.47. The molecular formula is C19H33N3O5S. The van der Waals surface area contributed by atoms with Crippen LogP contribution < -0.4 is 10.6 Å². The first kappa shape index (κ1) is 24.4. The summed E-state index contributed by atoms with van der Waals surface area (Å²) in [6, 6.07) is -1.45. The molecule has 0 aromatic rings. The normalized spacial score (nSPS) is 19.2. The van der Waals surface area contributed by atoms with Gasteiger partial charge in [-0.05, 0) is 44.4 Å². The summed E-state index contributed by atoms with van der Waals surface area (Å²) in [5.41, 5.74) is 0. The lowest BCUT2D eigenvalue weighted by Gasteiger charge is -2.22. The van der Waals surface area contributed by atoms with Crippen LogP contribution in [0.25, 0.3) is 0 Å². The van der Waals surface area contributed by atoms with E-state index in [2.05, 4.69) is 10.6 Å². The molecule has 8 nitrogen and oxygen atoms in total. The van der Waals surface area contributed by atoms with Gasteiger partial charge in [0.25, 0.3) is 0 Å². The zero-order chi connectivity index (χ0) is 21.3. The van der Waals surface area contributed by atoms with E-state index in [4.69, 9.17) is 0 Å². The number of amides is 3. The van der Waals surface area contributed by atoms with Crippen LogP contribution in [0.1, 0.15) is 52.9 Å². The number of unbranched alkanes of at least 4 members (excludes halogenated alkanes) is 1. The van der Waals surface area contributed by atoms with Crippen LogP contribution in [-0.4, -0.2) is 70.4 Å². The van der Waals surface area contributed by atoms with Crippen molar-refractivity contribution < 1.29 is 24.3 Å². The monoisotopic (exact) mass is 415 g/mol. The van der Waals surface area contributed by atoms with Gasteiger partial charge in [0.15, 0.2) is 0 Å². The number of nitrogens with one attached hydrogen (secondary N) is 2. The Kier molecular flexibility index (Phi) is 10.5. The fourth-order valence-corrected chi connectivity index (χ4v) is 4.23. The van der Waals surface area contributed by atoms with Crippen LogP contribution in [0.5, 0.6) is 0 Å². The molecule has 0 bridgehead atoms. The van der Waals surface area contributed by atoms with E-state index < -0.39 is 18.1 Å². The van der Waals surface area contributed by atoms with Gasteiger partial charge in [-0.3, -0.25) is 19.3 Å². The van der Waals surface area contributed by atoms with Gasteiger partial charge in [0.05, 0.1) is 11.3 Å².